The Morgan fingerprint density at radius 3 is 2.87 bits per heavy atom. The van der Waals surface area contributed by atoms with Crippen molar-refractivity contribution < 1.29 is 4.52 Å². The Hall–Kier alpha value is -0.830. The topological polar surface area (TPSA) is 38.1 Å². The third-order valence-corrected chi connectivity index (χ3v) is 3.36. The number of nitrogens with one attached hydrogen (secondary N) is 1. The van der Waals surface area contributed by atoms with E-state index >= 15 is 0 Å². The molecular formula is C12H20N2O. The first-order chi connectivity index (χ1) is 7.34. The van der Waals surface area contributed by atoms with E-state index in [1.807, 2.05) is 6.07 Å². The summed E-state index contributed by atoms with van der Waals surface area (Å²) in [4.78, 5) is 0. The van der Waals surface area contributed by atoms with Gasteiger partial charge in [-0.05, 0) is 31.2 Å². The van der Waals surface area contributed by atoms with Crippen molar-refractivity contribution in [1.29, 1.82) is 0 Å². The lowest BCUT2D eigenvalue weighted by Crippen LogP contribution is -2.25. The molecule has 1 aromatic heterocycles. The fourth-order valence-electron chi connectivity index (χ4n) is 2.27. The molecule has 0 unspecified atom stereocenters. The molecule has 1 aliphatic carbocycles. The molecule has 0 saturated heterocycles. The third kappa shape index (κ3) is 3.34. The molecule has 15 heavy (non-hydrogen) atoms. The lowest BCUT2D eigenvalue weighted by molar-refractivity contribution is 0.277. The number of hydrogen-bond acceptors (Lipinski definition) is 3. The van der Waals surface area contributed by atoms with Crippen molar-refractivity contribution >= 4 is 0 Å². The molecule has 84 valence electrons. The van der Waals surface area contributed by atoms with E-state index in [1.165, 1.54) is 25.7 Å². The zero-order valence-corrected chi connectivity index (χ0v) is 9.41. The fraction of sp³-hybridized carbons (Fsp3) is 0.750. The maximum Gasteiger partial charge on any atom is 0.150 e. The molecule has 0 aliphatic heterocycles. The fourth-order valence-corrected chi connectivity index (χ4v) is 2.27. The minimum atomic E-state index is 0.812. The molecule has 1 saturated carbocycles. The first kappa shape index (κ1) is 10.7. The van der Waals surface area contributed by atoms with E-state index in [9.17, 15) is 0 Å². The Labute approximate surface area is 91.2 Å². The van der Waals surface area contributed by atoms with E-state index in [1.54, 1.807) is 6.20 Å². The second kappa shape index (κ2) is 5.31. The average Bonchev–Trinajstić information content (AvgIpc) is 2.74. The highest BCUT2D eigenvalue weighted by Gasteiger charge is 2.17. The summed E-state index contributed by atoms with van der Waals surface area (Å²) in [6, 6.07) is 1.91. The summed E-state index contributed by atoms with van der Waals surface area (Å²) >= 11 is 0. The van der Waals surface area contributed by atoms with Gasteiger partial charge in [-0.25, -0.2) is 0 Å². The lowest BCUT2D eigenvalue weighted by Gasteiger charge is -2.26. The van der Waals surface area contributed by atoms with Crippen LogP contribution in [0.15, 0.2) is 16.8 Å². The molecule has 1 heterocycles. The van der Waals surface area contributed by atoms with Crippen LogP contribution in [0.1, 0.15) is 38.4 Å². The maximum absolute atomic E-state index is 5.03. The molecule has 0 atom stereocenters. The molecule has 3 heteroatoms. The second-order valence-corrected chi connectivity index (χ2v) is 4.74. The van der Waals surface area contributed by atoms with E-state index in [0.29, 0.717) is 0 Å². The van der Waals surface area contributed by atoms with E-state index in [2.05, 4.69) is 17.4 Å². The monoisotopic (exact) mass is 208 g/mol. The van der Waals surface area contributed by atoms with Crippen LogP contribution in [0.2, 0.25) is 0 Å². The van der Waals surface area contributed by atoms with Crippen LogP contribution in [0.25, 0.3) is 0 Å². The standard InChI is InChI=1S/C12H20N2O/c1-10-2-4-11(5-3-10)8-13-9-12-6-7-14-15-12/h6-7,10-11,13H,2-5,8-9H2,1H3. The van der Waals surface area contributed by atoms with Crippen molar-refractivity contribution in [3.05, 3.63) is 18.0 Å². The summed E-state index contributed by atoms with van der Waals surface area (Å²) in [7, 11) is 0. The highest BCUT2D eigenvalue weighted by atomic mass is 16.5. The van der Waals surface area contributed by atoms with Gasteiger partial charge in [0.25, 0.3) is 0 Å². The molecule has 2 rings (SSSR count). The molecule has 1 aliphatic rings. The largest absolute Gasteiger partial charge is 0.360 e. The molecule has 0 radical (unpaired) electrons. The summed E-state index contributed by atoms with van der Waals surface area (Å²) < 4.78 is 5.03. The number of aromatic nitrogens is 1. The smallest absolute Gasteiger partial charge is 0.150 e. The SMILES string of the molecule is CC1CCC(CNCc2ccno2)CC1. The van der Waals surface area contributed by atoms with Crippen LogP contribution in [-0.4, -0.2) is 11.7 Å². The molecule has 0 aromatic carbocycles. The molecular weight excluding hydrogens is 188 g/mol. The maximum atomic E-state index is 5.03. The van der Waals surface area contributed by atoms with Gasteiger partial charge in [-0.1, -0.05) is 24.9 Å². The van der Waals surface area contributed by atoms with Gasteiger partial charge in [-0.2, -0.15) is 0 Å². The average molecular weight is 208 g/mol. The van der Waals surface area contributed by atoms with Crippen LogP contribution in [-0.2, 0) is 6.54 Å². The summed E-state index contributed by atoms with van der Waals surface area (Å²) in [5, 5.41) is 7.12. The normalized spacial score (nSPS) is 26.7. The number of rotatable bonds is 4. The van der Waals surface area contributed by atoms with Crippen LogP contribution in [0.3, 0.4) is 0 Å². The van der Waals surface area contributed by atoms with Crippen molar-refractivity contribution in [2.75, 3.05) is 6.54 Å². The van der Waals surface area contributed by atoms with Gasteiger partial charge in [0, 0.05) is 6.07 Å². The zero-order chi connectivity index (χ0) is 10.5. The van der Waals surface area contributed by atoms with Crippen LogP contribution >= 0.6 is 0 Å². The van der Waals surface area contributed by atoms with Crippen molar-refractivity contribution in [3.8, 4) is 0 Å². The highest BCUT2D eigenvalue weighted by Crippen LogP contribution is 2.27. The van der Waals surface area contributed by atoms with Crippen molar-refractivity contribution in [2.24, 2.45) is 11.8 Å². The minimum Gasteiger partial charge on any atom is -0.360 e. The Balaban J connectivity index is 1.62. The van der Waals surface area contributed by atoms with Gasteiger partial charge in [0.2, 0.25) is 0 Å². The highest BCUT2D eigenvalue weighted by molar-refractivity contribution is 4.91. The minimum absolute atomic E-state index is 0.812. The first-order valence-corrected chi connectivity index (χ1v) is 5.95. The Bertz CT molecular complexity index is 263. The van der Waals surface area contributed by atoms with Crippen LogP contribution in [0, 0.1) is 11.8 Å². The van der Waals surface area contributed by atoms with Crippen LogP contribution in [0.4, 0.5) is 0 Å². The quantitative estimate of drug-likeness (QED) is 0.826. The summed E-state index contributed by atoms with van der Waals surface area (Å²) in [6.07, 6.45) is 7.25. The van der Waals surface area contributed by atoms with Gasteiger partial charge in [-0.15, -0.1) is 0 Å². The van der Waals surface area contributed by atoms with Crippen molar-refractivity contribution in [2.45, 2.75) is 39.2 Å². The van der Waals surface area contributed by atoms with Gasteiger partial charge >= 0.3 is 0 Å². The van der Waals surface area contributed by atoms with Crippen LogP contribution in [0.5, 0.6) is 0 Å². The predicted octanol–water partition coefficient (Wildman–Crippen LogP) is 2.59. The van der Waals surface area contributed by atoms with E-state index in [4.69, 9.17) is 4.52 Å². The molecule has 1 fully saturated rings. The van der Waals surface area contributed by atoms with E-state index in [-0.39, 0.29) is 0 Å². The van der Waals surface area contributed by atoms with Crippen molar-refractivity contribution in [3.63, 3.8) is 0 Å². The van der Waals surface area contributed by atoms with E-state index in [0.717, 1.165) is 30.7 Å². The number of nitrogens with zero attached hydrogens (tertiary/aromatic N) is 1. The first-order valence-electron chi connectivity index (χ1n) is 5.95. The van der Waals surface area contributed by atoms with Gasteiger partial charge in [0.1, 0.15) is 5.76 Å². The van der Waals surface area contributed by atoms with Crippen LogP contribution < -0.4 is 5.32 Å². The molecule has 0 bridgehead atoms. The Kier molecular flexibility index (Phi) is 3.78. The summed E-state index contributed by atoms with van der Waals surface area (Å²) in [5.41, 5.74) is 0. The summed E-state index contributed by atoms with van der Waals surface area (Å²) in [6.45, 7) is 4.29. The van der Waals surface area contributed by atoms with Gasteiger partial charge < -0.3 is 9.84 Å². The summed E-state index contributed by atoms with van der Waals surface area (Å²) in [5.74, 6) is 2.74. The molecule has 3 nitrogen and oxygen atoms in total. The third-order valence-electron chi connectivity index (χ3n) is 3.36. The van der Waals surface area contributed by atoms with Gasteiger partial charge in [0.05, 0.1) is 12.7 Å². The second-order valence-electron chi connectivity index (χ2n) is 4.74. The predicted molar refractivity (Wildman–Crippen MR) is 59.3 cm³/mol. The Morgan fingerprint density at radius 1 is 1.40 bits per heavy atom. The van der Waals surface area contributed by atoms with Crippen molar-refractivity contribution in [1.82, 2.24) is 10.5 Å². The lowest BCUT2D eigenvalue weighted by atomic mass is 9.83. The molecule has 1 aromatic rings. The molecule has 0 amide bonds. The Morgan fingerprint density at radius 2 is 2.20 bits per heavy atom. The van der Waals surface area contributed by atoms with Gasteiger partial charge in [0.15, 0.2) is 0 Å². The van der Waals surface area contributed by atoms with E-state index < -0.39 is 0 Å². The molecule has 0 spiro atoms. The van der Waals surface area contributed by atoms with Gasteiger partial charge in [-0.3, -0.25) is 0 Å². The molecule has 1 N–H and O–H groups in total. The number of hydrogen-bond donors (Lipinski definition) is 1. The zero-order valence-electron chi connectivity index (χ0n) is 9.41.